The predicted molar refractivity (Wildman–Crippen MR) is 298 cm³/mol. The predicted octanol–water partition coefficient (Wildman–Crippen LogP) is 20.0. The van der Waals surface area contributed by atoms with Crippen LogP contribution >= 0.6 is 0 Å². The van der Waals surface area contributed by atoms with Crippen LogP contribution < -0.4 is 0 Å². The van der Waals surface area contributed by atoms with E-state index in [9.17, 15) is 14.4 Å². The highest BCUT2D eigenvalue weighted by atomic mass is 16.6. The lowest BCUT2D eigenvalue weighted by Crippen LogP contribution is -2.30. The van der Waals surface area contributed by atoms with Gasteiger partial charge in [-0.05, 0) is 89.9 Å². The topological polar surface area (TPSA) is 78.9 Å². The van der Waals surface area contributed by atoms with Crippen molar-refractivity contribution in [1.29, 1.82) is 0 Å². The van der Waals surface area contributed by atoms with Crippen molar-refractivity contribution < 1.29 is 28.6 Å². The largest absolute Gasteiger partial charge is 0.462 e. The number of esters is 3. The lowest BCUT2D eigenvalue weighted by atomic mass is 10.0. The summed E-state index contributed by atoms with van der Waals surface area (Å²) < 4.78 is 16.9. The van der Waals surface area contributed by atoms with Crippen LogP contribution in [0.3, 0.4) is 0 Å². The minimum Gasteiger partial charge on any atom is -0.462 e. The molecule has 0 radical (unpaired) electrons. The molecule has 0 bridgehead atoms. The van der Waals surface area contributed by atoms with Crippen molar-refractivity contribution in [2.45, 2.75) is 309 Å². The number of carbonyl (C=O) groups is 3. The van der Waals surface area contributed by atoms with E-state index in [0.717, 1.165) is 103 Å². The van der Waals surface area contributed by atoms with Gasteiger partial charge in [0.15, 0.2) is 6.10 Å². The summed E-state index contributed by atoms with van der Waals surface area (Å²) in [7, 11) is 0. The van der Waals surface area contributed by atoms with Crippen LogP contribution in [0.1, 0.15) is 303 Å². The maximum Gasteiger partial charge on any atom is 0.306 e. The first-order valence-electron chi connectivity index (χ1n) is 29.8. The summed E-state index contributed by atoms with van der Waals surface area (Å²) in [5.74, 6) is -0.889. The van der Waals surface area contributed by atoms with Crippen LogP contribution in [0.2, 0.25) is 0 Å². The van der Waals surface area contributed by atoms with Crippen molar-refractivity contribution in [2.75, 3.05) is 13.2 Å². The highest BCUT2D eigenvalue weighted by Gasteiger charge is 2.19. The van der Waals surface area contributed by atoms with Crippen molar-refractivity contribution >= 4 is 17.9 Å². The SMILES string of the molecule is CCCCC/C=C\C/C=C\CCCCCCCC(=O)OC(COC(=O)CCCCCCCCCC/C=C\C/C=C\C/C=C\CCCCCCC)COC(=O)CCCCCCCCCCCCCCC. The summed E-state index contributed by atoms with van der Waals surface area (Å²) in [6.45, 7) is 6.61. The molecule has 0 rings (SSSR count). The Labute approximate surface area is 428 Å². The summed E-state index contributed by atoms with van der Waals surface area (Å²) in [5.41, 5.74) is 0. The van der Waals surface area contributed by atoms with Crippen LogP contribution in [0.15, 0.2) is 60.8 Å². The minimum absolute atomic E-state index is 0.0798. The van der Waals surface area contributed by atoms with Crippen LogP contribution in [0.25, 0.3) is 0 Å². The molecule has 0 aromatic rings. The molecule has 0 N–H and O–H groups in total. The average molecular weight is 966 g/mol. The third-order valence-electron chi connectivity index (χ3n) is 13.0. The van der Waals surface area contributed by atoms with Gasteiger partial charge >= 0.3 is 17.9 Å². The molecule has 0 amide bonds. The molecule has 0 heterocycles. The fraction of sp³-hybridized carbons (Fsp3) is 0.794. The quantitative estimate of drug-likeness (QED) is 0.0262. The molecular weight excluding hydrogens is 853 g/mol. The standard InChI is InChI=1S/C63H112O6/c1-4-7-10-13-16-19-22-25-27-28-29-30-31-32-33-34-36-38-41-44-47-50-53-56-62(65)68-59-60(58-67-61(64)55-52-49-46-43-40-37-24-21-18-15-12-9-6-3)69-63(66)57-54-51-48-45-42-39-35-26-23-20-17-14-11-8-5-2/h17,20,22,25-26,28-29,31-32,35,60H,4-16,18-19,21,23-24,27,30,33-34,36-59H2,1-3H3/b20-17-,25-22-,29-28-,32-31-,35-26-. The van der Waals surface area contributed by atoms with E-state index in [4.69, 9.17) is 14.2 Å². The Hall–Kier alpha value is -2.89. The first-order valence-corrected chi connectivity index (χ1v) is 29.8. The summed E-state index contributed by atoms with van der Waals surface area (Å²) in [5, 5.41) is 0. The lowest BCUT2D eigenvalue weighted by molar-refractivity contribution is -0.167. The Kier molecular flexibility index (Phi) is 55.3. The first kappa shape index (κ1) is 66.1. The lowest BCUT2D eigenvalue weighted by Gasteiger charge is -2.18. The van der Waals surface area contributed by atoms with E-state index in [1.54, 1.807) is 0 Å². The van der Waals surface area contributed by atoms with Crippen LogP contribution in [0.4, 0.5) is 0 Å². The molecule has 6 nitrogen and oxygen atoms in total. The zero-order chi connectivity index (χ0) is 50.0. The van der Waals surface area contributed by atoms with Gasteiger partial charge in [0.2, 0.25) is 0 Å². The number of unbranched alkanes of at least 4 members (excludes halogenated alkanes) is 33. The fourth-order valence-electron chi connectivity index (χ4n) is 8.48. The van der Waals surface area contributed by atoms with Crippen molar-refractivity contribution in [2.24, 2.45) is 0 Å². The minimum atomic E-state index is -0.783. The molecule has 0 aliphatic heterocycles. The molecule has 0 fully saturated rings. The van der Waals surface area contributed by atoms with Crippen LogP contribution in [0, 0.1) is 0 Å². The summed E-state index contributed by atoms with van der Waals surface area (Å²) >= 11 is 0. The molecule has 1 atom stereocenters. The third-order valence-corrected chi connectivity index (χ3v) is 13.0. The second-order valence-corrected chi connectivity index (χ2v) is 19.9. The van der Waals surface area contributed by atoms with Gasteiger partial charge in [-0.1, -0.05) is 255 Å². The van der Waals surface area contributed by atoms with Gasteiger partial charge in [0.25, 0.3) is 0 Å². The highest BCUT2D eigenvalue weighted by Crippen LogP contribution is 2.16. The van der Waals surface area contributed by atoms with Crippen LogP contribution in [-0.2, 0) is 28.6 Å². The van der Waals surface area contributed by atoms with Gasteiger partial charge in [0.05, 0.1) is 0 Å². The maximum absolute atomic E-state index is 12.8. The molecule has 1 unspecified atom stereocenters. The molecular formula is C63H112O6. The zero-order valence-corrected chi connectivity index (χ0v) is 45.8. The number of ether oxygens (including phenoxy) is 3. The second kappa shape index (κ2) is 57.7. The van der Waals surface area contributed by atoms with Gasteiger partial charge in [-0.2, -0.15) is 0 Å². The molecule has 69 heavy (non-hydrogen) atoms. The van der Waals surface area contributed by atoms with Crippen molar-refractivity contribution in [1.82, 2.24) is 0 Å². The molecule has 0 aliphatic carbocycles. The highest BCUT2D eigenvalue weighted by molar-refractivity contribution is 5.71. The number of carbonyl (C=O) groups excluding carboxylic acids is 3. The Morgan fingerprint density at radius 2 is 0.522 bits per heavy atom. The van der Waals surface area contributed by atoms with Crippen molar-refractivity contribution in [3.8, 4) is 0 Å². The van der Waals surface area contributed by atoms with Gasteiger partial charge in [-0.15, -0.1) is 0 Å². The Balaban J connectivity index is 4.34. The summed E-state index contributed by atoms with van der Waals surface area (Å²) in [6.07, 6.45) is 72.1. The average Bonchev–Trinajstić information content (AvgIpc) is 3.35. The van der Waals surface area contributed by atoms with E-state index >= 15 is 0 Å². The molecule has 400 valence electrons. The van der Waals surface area contributed by atoms with Crippen molar-refractivity contribution in [3.63, 3.8) is 0 Å². The van der Waals surface area contributed by atoms with E-state index in [0.29, 0.717) is 19.3 Å². The smallest absolute Gasteiger partial charge is 0.306 e. The van der Waals surface area contributed by atoms with E-state index < -0.39 is 6.10 Å². The molecule has 0 aromatic carbocycles. The van der Waals surface area contributed by atoms with E-state index in [1.165, 1.54) is 161 Å². The van der Waals surface area contributed by atoms with Gasteiger partial charge in [0, 0.05) is 19.3 Å². The molecule has 0 aromatic heterocycles. The Morgan fingerprint density at radius 3 is 0.841 bits per heavy atom. The molecule has 6 heteroatoms. The normalized spacial score (nSPS) is 12.4. The Bertz CT molecular complexity index is 1250. The summed E-state index contributed by atoms with van der Waals surface area (Å²) in [4.78, 5) is 38.2. The third kappa shape index (κ3) is 55.9. The molecule has 0 saturated heterocycles. The number of hydrogen-bond donors (Lipinski definition) is 0. The molecule has 0 aliphatic rings. The van der Waals surface area contributed by atoms with Crippen LogP contribution in [0.5, 0.6) is 0 Å². The van der Waals surface area contributed by atoms with Crippen LogP contribution in [-0.4, -0.2) is 37.2 Å². The summed E-state index contributed by atoms with van der Waals surface area (Å²) in [6, 6.07) is 0. The first-order chi connectivity index (χ1) is 34.0. The van der Waals surface area contributed by atoms with Gasteiger partial charge in [0.1, 0.15) is 13.2 Å². The van der Waals surface area contributed by atoms with E-state index in [2.05, 4.69) is 81.5 Å². The van der Waals surface area contributed by atoms with Gasteiger partial charge in [-0.25, -0.2) is 0 Å². The van der Waals surface area contributed by atoms with E-state index in [1.807, 2.05) is 0 Å². The van der Waals surface area contributed by atoms with Gasteiger partial charge < -0.3 is 14.2 Å². The molecule has 0 saturated carbocycles. The number of hydrogen-bond acceptors (Lipinski definition) is 6. The Morgan fingerprint density at radius 1 is 0.290 bits per heavy atom. The molecule has 0 spiro atoms. The fourth-order valence-corrected chi connectivity index (χ4v) is 8.48. The number of rotatable bonds is 54. The van der Waals surface area contributed by atoms with E-state index in [-0.39, 0.29) is 31.1 Å². The monoisotopic (exact) mass is 965 g/mol. The zero-order valence-electron chi connectivity index (χ0n) is 45.8. The maximum atomic E-state index is 12.8. The van der Waals surface area contributed by atoms with Crippen molar-refractivity contribution in [3.05, 3.63) is 60.8 Å². The second-order valence-electron chi connectivity index (χ2n) is 19.9. The van der Waals surface area contributed by atoms with Gasteiger partial charge in [-0.3, -0.25) is 14.4 Å². The number of allylic oxidation sites excluding steroid dienone is 10.